The molecule has 188 valence electrons. The molecule has 1 saturated carbocycles. The van der Waals surface area contributed by atoms with Crippen LogP contribution in [0.5, 0.6) is 5.75 Å². The number of nitrogens with one attached hydrogen (secondary N) is 1. The normalized spacial score (nSPS) is 23.9. The molecule has 1 unspecified atom stereocenters. The Morgan fingerprint density at radius 2 is 1.88 bits per heavy atom. The standard InChI is InChI=1S/C27H40FN3O3/c1-3-4-14-31-25(32)23(18-20-8-6-5-7-9-20)29-26(33)27(31)12-15-30(16-13-27)19-21-10-11-24(34-2)22(28)17-21/h10-11,17,20,23H,3-9,12-16,18-19H2,1-2H3,(H,29,33). The van der Waals surface area contributed by atoms with Crippen molar-refractivity contribution in [3.63, 3.8) is 0 Å². The number of likely N-dealkylation sites (tertiary alicyclic amines) is 1. The van der Waals surface area contributed by atoms with Crippen molar-refractivity contribution in [2.45, 2.75) is 89.3 Å². The van der Waals surface area contributed by atoms with Crippen molar-refractivity contribution in [3.05, 3.63) is 29.6 Å². The number of unbranched alkanes of at least 4 members (excludes halogenated alkanes) is 1. The van der Waals surface area contributed by atoms with Crippen molar-refractivity contribution in [2.24, 2.45) is 5.92 Å². The molecule has 1 spiro atoms. The molecular formula is C27H40FN3O3. The van der Waals surface area contributed by atoms with E-state index < -0.39 is 5.54 Å². The summed E-state index contributed by atoms with van der Waals surface area (Å²) in [5, 5.41) is 3.15. The molecule has 0 bridgehead atoms. The summed E-state index contributed by atoms with van der Waals surface area (Å²) in [5.41, 5.74) is 0.130. The Kier molecular flexibility index (Phi) is 8.12. The molecule has 3 fully saturated rings. The number of benzene rings is 1. The van der Waals surface area contributed by atoms with E-state index in [9.17, 15) is 14.0 Å². The van der Waals surface area contributed by atoms with Gasteiger partial charge in [-0.3, -0.25) is 14.5 Å². The third kappa shape index (κ3) is 5.24. The van der Waals surface area contributed by atoms with E-state index in [0.717, 1.165) is 24.8 Å². The lowest BCUT2D eigenvalue weighted by molar-refractivity contribution is -0.162. The van der Waals surface area contributed by atoms with Crippen LogP contribution in [0, 0.1) is 11.7 Å². The Morgan fingerprint density at radius 3 is 2.53 bits per heavy atom. The molecule has 1 N–H and O–H groups in total. The van der Waals surface area contributed by atoms with Crippen molar-refractivity contribution >= 4 is 11.8 Å². The van der Waals surface area contributed by atoms with Gasteiger partial charge in [-0.1, -0.05) is 51.5 Å². The topological polar surface area (TPSA) is 61.9 Å². The van der Waals surface area contributed by atoms with Gasteiger partial charge in [-0.2, -0.15) is 0 Å². The highest BCUT2D eigenvalue weighted by Gasteiger charge is 2.53. The van der Waals surface area contributed by atoms with Crippen LogP contribution in [0.4, 0.5) is 4.39 Å². The summed E-state index contributed by atoms with van der Waals surface area (Å²) >= 11 is 0. The van der Waals surface area contributed by atoms with Crippen molar-refractivity contribution in [3.8, 4) is 5.75 Å². The second-order valence-electron chi connectivity index (χ2n) is 10.4. The lowest BCUT2D eigenvalue weighted by atomic mass is 9.79. The number of hydrogen-bond donors (Lipinski definition) is 1. The molecule has 1 aromatic carbocycles. The van der Waals surface area contributed by atoms with Gasteiger partial charge >= 0.3 is 0 Å². The van der Waals surface area contributed by atoms with Crippen LogP contribution in [-0.4, -0.2) is 59.9 Å². The zero-order valence-corrected chi connectivity index (χ0v) is 20.8. The van der Waals surface area contributed by atoms with Crippen LogP contribution in [0.3, 0.4) is 0 Å². The fourth-order valence-corrected chi connectivity index (χ4v) is 6.08. The maximum atomic E-state index is 14.1. The van der Waals surface area contributed by atoms with Crippen molar-refractivity contribution in [1.82, 2.24) is 15.1 Å². The average molecular weight is 474 g/mol. The molecule has 1 aromatic rings. The van der Waals surface area contributed by atoms with Crippen LogP contribution in [0.25, 0.3) is 0 Å². The predicted octanol–water partition coefficient (Wildman–Crippen LogP) is 4.27. The van der Waals surface area contributed by atoms with E-state index in [2.05, 4.69) is 17.1 Å². The zero-order valence-electron chi connectivity index (χ0n) is 20.8. The Morgan fingerprint density at radius 1 is 1.15 bits per heavy atom. The fourth-order valence-electron chi connectivity index (χ4n) is 6.08. The summed E-state index contributed by atoms with van der Waals surface area (Å²) in [6.45, 7) is 4.78. The van der Waals surface area contributed by atoms with E-state index in [1.54, 1.807) is 6.07 Å². The number of hydrogen-bond acceptors (Lipinski definition) is 4. The number of piperazine rings is 1. The van der Waals surface area contributed by atoms with Gasteiger partial charge in [-0.15, -0.1) is 0 Å². The molecule has 2 saturated heterocycles. The van der Waals surface area contributed by atoms with Gasteiger partial charge in [0.05, 0.1) is 7.11 Å². The maximum absolute atomic E-state index is 14.1. The summed E-state index contributed by atoms with van der Waals surface area (Å²) in [4.78, 5) is 31.4. The zero-order chi connectivity index (χ0) is 24.1. The maximum Gasteiger partial charge on any atom is 0.246 e. The molecule has 7 heteroatoms. The highest BCUT2D eigenvalue weighted by molar-refractivity contribution is 6.00. The first-order valence-electron chi connectivity index (χ1n) is 13.1. The Balaban J connectivity index is 1.43. The molecule has 3 aliphatic rings. The van der Waals surface area contributed by atoms with Crippen LogP contribution in [0.15, 0.2) is 18.2 Å². The molecule has 1 atom stereocenters. The van der Waals surface area contributed by atoms with E-state index in [4.69, 9.17) is 4.74 Å². The molecule has 2 amide bonds. The summed E-state index contributed by atoms with van der Waals surface area (Å²) in [6, 6.07) is 4.68. The average Bonchev–Trinajstić information content (AvgIpc) is 2.84. The molecule has 6 nitrogen and oxygen atoms in total. The van der Waals surface area contributed by atoms with E-state index in [0.29, 0.717) is 44.9 Å². The second kappa shape index (κ2) is 11.1. The molecule has 0 aromatic heterocycles. The van der Waals surface area contributed by atoms with Crippen molar-refractivity contribution in [2.75, 3.05) is 26.7 Å². The van der Waals surface area contributed by atoms with Gasteiger partial charge in [0, 0.05) is 26.2 Å². The molecular weight excluding hydrogens is 433 g/mol. The Bertz CT molecular complexity index is 863. The summed E-state index contributed by atoms with van der Waals surface area (Å²) in [5.74, 6) is 0.564. The van der Waals surface area contributed by atoms with Gasteiger partial charge in [0.2, 0.25) is 11.8 Å². The van der Waals surface area contributed by atoms with E-state index in [-0.39, 0.29) is 29.4 Å². The summed E-state index contributed by atoms with van der Waals surface area (Å²) < 4.78 is 19.1. The lowest BCUT2D eigenvalue weighted by Gasteiger charge is -2.52. The molecule has 34 heavy (non-hydrogen) atoms. The van der Waals surface area contributed by atoms with Gasteiger partial charge in [0.1, 0.15) is 11.6 Å². The van der Waals surface area contributed by atoms with Gasteiger partial charge < -0.3 is 15.0 Å². The first-order valence-corrected chi connectivity index (χ1v) is 13.1. The largest absolute Gasteiger partial charge is 0.494 e. The van der Waals surface area contributed by atoms with Gasteiger partial charge in [0.25, 0.3) is 0 Å². The van der Waals surface area contributed by atoms with Crippen molar-refractivity contribution in [1.29, 1.82) is 0 Å². The minimum absolute atomic E-state index is 0.0270. The van der Waals surface area contributed by atoms with Crippen LogP contribution in [0.2, 0.25) is 0 Å². The first-order chi connectivity index (χ1) is 16.5. The molecule has 2 aliphatic heterocycles. The number of rotatable bonds is 8. The Hall–Kier alpha value is -2.15. The number of halogens is 1. The SMILES string of the molecule is CCCCN1C(=O)C(CC2CCCCC2)NC(=O)C12CCN(Cc1ccc(OC)c(F)c1)CC2. The van der Waals surface area contributed by atoms with Crippen molar-refractivity contribution < 1.29 is 18.7 Å². The van der Waals surface area contributed by atoms with Crippen LogP contribution in [0.1, 0.15) is 76.7 Å². The summed E-state index contributed by atoms with van der Waals surface area (Å²) in [6.07, 6.45) is 9.99. The number of nitrogens with zero attached hydrogens (tertiary/aromatic N) is 2. The number of carbonyl (C=O) groups excluding carboxylic acids is 2. The molecule has 2 heterocycles. The van der Waals surface area contributed by atoms with Gasteiger partial charge in [-0.05, 0) is 49.3 Å². The Labute approximate surface area is 203 Å². The fraction of sp³-hybridized carbons (Fsp3) is 0.704. The third-order valence-corrected chi connectivity index (χ3v) is 8.14. The predicted molar refractivity (Wildman–Crippen MR) is 130 cm³/mol. The minimum atomic E-state index is -0.753. The smallest absolute Gasteiger partial charge is 0.246 e. The number of ether oxygens (including phenoxy) is 1. The minimum Gasteiger partial charge on any atom is -0.494 e. The first kappa shape index (κ1) is 25.0. The van der Waals surface area contributed by atoms with E-state index in [1.165, 1.54) is 45.3 Å². The monoisotopic (exact) mass is 473 g/mol. The van der Waals surface area contributed by atoms with E-state index >= 15 is 0 Å². The highest BCUT2D eigenvalue weighted by atomic mass is 19.1. The second-order valence-corrected chi connectivity index (χ2v) is 10.4. The number of methoxy groups -OCH3 is 1. The van der Waals surface area contributed by atoms with Crippen LogP contribution >= 0.6 is 0 Å². The summed E-state index contributed by atoms with van der Waals surface area (Å²) in [7, 11) is 1.46. The van der Waals surface area contributed by atoms with Gasteiger partial charge in [0.15, 0.2) is 11.6 Å². The molecule has 0 radical (unpaired) electrons. The quantitative estimate of drug-likeness (QED) is 0.613. The van der Waals surface area contributed by atoms with Crippen LogP contribution in [-0.2, 0) is 16.1 Å². The van der Waals surface area contributed by atoms with Gasteiger partial charge in [-0.25, -0.2) is 4.39 Å². The lowest BCUT2D eigenvalue weighted by Crippen LogP contribution is -2.73. The number of carbonyl (C=O) groups is 2. The molecule has 1 aliphatic carbocycles. The number of piperidine rings is 1. The third-order valence-electron chi connectivity index (χ3n) is 8.14. The number of amides is 2. The van der Waals surface area contributed by atoms with E-state index in [1.807, 2.05) is 11.0 Å². The van der Waals surface area contributed by atoms with Crippen LogP contribution < -0.4 is 10.1 Å². The molecule has 4 rings (SSSR count). The highest BCUT2D eigenvalue weighted by Crippen LogP contribution is 2.36.